The number of amides is 3. The van der Waals surface area contributed by atoms with Crippen molar-refractivity contribution in [2.75, 3.05) is 36.2 Å². The molecule has 2 heterocycles. The molecule has 4 aromatic rings. The number of aromatic nitrogens is 4. The van der Waals surface area contributed by atoms with Gasteiger partial charge in [-0.05, 0) is 60.9 Å². The number of alkyl halides is 3. The summed E-state index contributed by atoms with van der Waals surface area (Å²) < 4.78 is 48.4. The topological polar surface area (TPSA) is 219 Å². The smallest absolute Gasteiger partial charge is 0.422 e. The average molecular weight is 744 g/mol. The van der Waals surface area contributed by atoms with Crippen LogP contribution in [0.15, 0.2) is 66.9 Å². The number of ether oxygens (including phenoxy) is 2. The number of hydrogen-bond donors (Lipinski definition) is 6. The molecule has 0 unspecified atom stereocenters. The number of benzene rings is 2. The molecule has 3 amide bonds. The molecule has 0 bridgehead atoms. The maximum absolute atomic E-state index is 12.9. The molecule has 1 aliphatic rings. The van der Waals surface area contributed by atoms with Gasteiger partial charge in [-0.3, -0.25) is 14.4 Å². The summed E-state index contributed by atoms with van der Waals surface area (Å²) in [4.78, 5) is 65.2. The van der Waals surface area contributed by atoms with E-state index in [2.05, 4.69) is 46.5 Å². The monoisotopic (exact) mass is 743 g/mol. The van der Waals surface area contributed by atoms with Gasteiger partial charge in [0.05, 0.1) is 24.5 Å². The molecule has 0 aliphatic heterocycles. The van der Waals surface area contributed by atoms with Crippen molar-refractivity contribution in [3.05, 3.63) is 83.0 Å². The van der Waals surface area contributed by atoms with E-state index in [0.29, 0.717) is 23.6 Å². The summed E-state index contributed by atoms with van der Waals surface area (Å²) in [5.74, 6) is -4.52. The van der Waals surface area contributed by atoms with Crippen LogP contribution in [0.5, 0.6) is 11.9 Å². The molecule has 0 saturated heterocycles. The van der Waals surface area contributed by atoms with Crippen LogP contribution in [0.2, 0.25) is 5.02 Å². The van der Waals surface area contributed by atoms with Crippen LogP contribution in [0.1, 0.15) is 28.8 Å². The van der Waals surface area contributed by atoms with Crippen molar-refractivity contribution in [2.24, 2.45) is 0 Å². The Kier molecular flexibility index (Phi) is 11.2. The molecule has 1 saturated carbocycles. The minimum atomic E-state index is -4.65. The maximum atomic E-state index is 12.9. The van der Waals surface area contributed by atoms with Crippen molar-refractivity contribution in [1.82, 2.24) is 30.6 Å². The second-order valence-corrected chi connectivity index (χ2v) is 11.6. The lowest BCUT2D eigenvalue weighted by Gasteiger charge is -2.19. The zero-order chi connectivity index (χ0) is 37.5. The first-order valence-electron chi connectivity index (χ1n) is 15.2. The fraction of sp³-hybridized carbons (Fsp3) is 0.250. The Labute approximate surface area is 297 Å². The number of aliphatic carboxylic acids is 1. The summed E-state index contributed by atoms with van der Waals surface area (Å²) in [6, 6.07) is 13.2. The number of hydrogen-bond acceptors (Lipinski definition) is 12. The highest BCUT2D eigenvalue weighted by molar-refractivity contribution is 6.39. The Balaban J connectivity index is 1.21. The Morgan fingerprint density at radius 3 is 2.19 bits per heavy atom. The maximum Gasteiger partial charge on any atom is 0.422 e. The van der Waals surface area contributed by atoms with E-state index in [4.69, 9.17) is 21.1 Å². The van der Waals surface area contributed by atoms with E-state index in [9.17, 15) is 37.5 Å². The normalized spacial score (nSPS) is 13.6. The predicted octanol–water partition coefficient (Wildman–Crippen LogP) is 3.65. The molecule has 5 rings (SSSR count). The van der Waals surface area contributed by atoms with E-state index in [0.717, 1.165) is 5.56 Å². The number of nitrogens with zero attached hydrogens (tertiary/aromatic N) is 4. The number of carboxylic acids is 1. The van der Waals surface area contributed by atoms with Gasteiger partial charge < -0.3 is 41.2 Å². The molecular formula is C32H29ClF3N9O7. The molecule has 1 atom stereocenters. The van der Waals surface area contributed by atoms with Gasteiger partial charge in [0.15, 0.2) is 6.61 Å². The van der Waals surface area contributed by atoms with E-state index >= 15 is 0 Å². The molecule has 1 aliphatic carbocycles. The lowest BCUT2D eigenvalue weighted by molar-refractivity contribution is -0.154. The zero-order valence-corrected chi connectivity index (χ0v) is 27.7. The molecule has 272 valence electrons. The van der Waals surface area contributed by atoms with Crippen molar-refractivity contribution in [2.45, 2.75) is 30.6 Å². The van der Waals surface area contributed by atoms with Crippen LogP contribution in [-0.4, -0.2) is 81.2 Å². The number of carbonyl (C=O) groups is 4. The SMILES string of the molecule is COc1ccc(NC(=O)C(=O)NC[C@H](NC(=O)c2ccc(Nc3nc(NC4(c5ccc(Cl)cc5)CC4)nc(OCC(F)(F)F)n3)cc2)C(=O)O)cn1. The van der Waals surface area contributed by atoms with Crippen LogP contribution in [0.3, 0.4) is 0 Å². The summed E-state index contributed by atoms with van der Waals surface area (Å²) in [6.45, 7) is -2.26. The highest BCUT2D eigenvalue weighted by Crippen LogP contribution is 2.48. The first kappa shape index (κ1) is 37.0. The number of methoxy groups -OCH3 is 1. The summed E-state index contributed by atoms with van der Waals surface area (Å²) in [5.41, 5.74) is 0.801. The van der Waals surface area contributed by atoms with E-state index in [1.165, 1.54) is 49.7 Å². The van der Waals surface area contributed by atoms with Gasteiger partial charge in [0.2, 0.25) is 17.8 Å². The summed E-state index contributed by atoms with van der Waals surface area (Å²) in [6.07, 6.45) is -2.02. The van der Waals surface area contributed by atoms with E-state index in [1.807, 2.05) is 12.1 Å². The van der Waals surface area contributed by atoms with Crippen LogP contribution in [-0.2, 0) is 19.9 Å². The zero-order valence-electron chi connectivity index (χ0n) is 27.0. The largest absolute Gasteiger partial charge is 0.481 e. The molecule has 16 nitrogen and oxygen atoms in total. The van der Waals surface area contributed by atoms with Gasteiger partial charge in [0.1, 0.15) is 6.04 Å². The van der Waals surface area contributed by atoms with Crippen molar-refractivity contribution in [3.8, 4) is 11.9 Å². The van der Waals surface area contributed by atoms with Gasteiger partial charge in [0, 0.05) is 28.9 Å². The Morgan fingerprint density at radius 1 is 0.923 bits per heavy atom. The molecule has 0 radical (unpaired) electrons. The van der Waals surface area contributed by atoms with Crippen LogP contribution >= 0.6 is 11.6 Å². The van der Waals surface area contributed by atoms with E-state index < -0.39 is 60.6 Å². The molecule has 2 aromatic carbocycles. The number of rotatable bonds is 14. The third kappa shape index (κ3) is 10.2. The van der Waals surface area contributed by atoms with Crippen molar-refractivity contribution < 1.29 is 46.9 Å². The Bertz CT molecular complexity index is 1930. The van der Waals surface area contributed by atoms with Crippen LogP contribution in [0, 0.1) is 0 Å². The number of carboxylic acid groups (broad SMARTS) is 1. The van der Waals surface area contributed by atoms with E-state index in [1.54, 1.807) is 12.1 Å². The summed E-state index contributed by atoms with van der Waals surface area (Å²) in [5, 5.41) is 22.8. The number of anilines is 4. The fourth-order valence-electron chi connectivity index (χ4n) is 4.59. The third-order valence-corrected chi connectivity index (χ3v) is 7.61. The van der Waals surface area contributed by atoms with Gasteiger partial charge in [-0.2, -0.15) is 28.1 Å². The molecule has 1 fully saturated rings. The standard InChI is InChI=1S/C32H29ClF3N9O7/c1-51-23-11-10-21(14-37-23)39-26(48)25(47)38-15-22(27(49)50)41-24(46)17-2-8-20(9-3-17)40-28-42-29(44-30(43-28)52-16-32(34,35)36)45-31(12-13-31)18-4-6-19(33)7-5-18/h2-11,14,22H,12-13,15-16H2,1H3,(H,38,47)(H,39,48)(H,41,46)(H,49,50)(H2,40,42,43,44,45)/t22-/m0/s1. The first-order valence-corrected chi connectivity index (χ1v) is 15.6. The third-order valence-electron chi connectivity index (χ3n) is 7.36. The number of pyridine rings is 1. The minimum absolute atomic E-state index is 0.0127. The highest BCUT2D eigenvalue weighted by Gasteiger charge is 2.45. The Morgan fingerprint density at radius 2 is 1.60 bits per heavy atom. The molecule has 6 N–H and O–H groups in total. The fourth-order valence-corrected chi connectivity index (χ4v) is 4.71. The quantitative estimate of drug-likeness (QED) is 0.102. The Hall–Kier alpha value is -6.24. The molecule has 0 spiro atoms. The summed E-state index contributed by atoms with van der Waals surface area (Å²) in [7, 11) is 1.40. The molecule has 52 heavy (non-hydrogen) atoms. The number of halogens is 4. The van der Waals surface area contributed by atoms with Crippen LogP contribution in [0.25, 0.3) is 0 Å². The van der Waals surface area contributed by atoms with Gasteiger partial charge in [0.25, 0.3) is 5.91 Å². The van der Waals surface area contributed by atoms with E-state index in [-0.39, 0.29) is 29.0 Å². The summed E-state index contributed by atoms with van der Waals surface area (Å²) >= 11 is 6.01. The van der Waals surface area contributed by atoms with Crippen molar-refractivity contribution in [3.63, 3.8) is 0 Å². The minimum Gasteiger partial charge on any atom is -0.481 e. The molecule has 20 heteroatoms. The second kappa shape index (κ2) is 15.8. The van der Waals surface area contributed by atoms with Crippen LogP contribution < -0.4 is 36.1 Å². The number of carbonyl (C=O) groups excluding carboxylic acids is 3. The van der Waals surface area contributed by atoms with Crippen LogP contribution in [0.4, 0.5) is 36.4 Å². The second-order valence-electron chi connectivity index (χ2n) is 11.2. The van der Waals surface area contributed by atoms with Gasteiger partial charge in [-0.1, -0.05) is 23.7 Å². The van der Waals surface area contributed by atoms with Gasteiger partial charge >= 0.3 is 30.0 Å². The van der Waals surface area contributed by atoms with Crippen molar-refractivity contribution in [1.29, 1.82) is 0 Å². The first-order chi connectivity index (χ1) is 24.7. The highest BCUT2D eigenvalue weighted by atomic mass is 35.5. The van der Waals surface area contributed by atoms with Crippen molar-refractivity contribution >= 4 is 58.6 Å². The molecular weight excluding hydrogens is 715 g/mol. The predicted molar refractivity (Wildman–Crippen MR) is 178 cm³/mol. The molecule has 2 aromatic heterocycles. The van der Waals surface area contributed by atoms with Gasteiger partial charge in [-0.15, -0.1) is 0 Å². The lowest BCUT2D eigenvalue weighted by atomic mass is 10.1. The number of nitrogens with one attached hydrogen (secondary N) is 5. The lowest BCUT2D eigenvalue weighted by Crippen LogP contribution is -2.50. The average Bonchev–Trinajstić information content (AvgIpc) is 3.89. The van der Waals surface area contributed by atoms with Gasteiger partial charge in [-0.25, -0.2) is 9.78 Å².